The Labute approximate surface area is 173 Å². The van der Waals surface area contributed by atoms with Gasteiger partial charge in [0.25, 0.3) is 0 Å². The largest absolute Gasteiger partial charge is 0.497 e. The zero-order chi connectivity index (χ0) is 19.9. The second-order valence-corrected chi connectivity index (χ2v) is 7.44. The number of rotatable bonds is 8. The second kappa shape index (κ2) is 9.78. The minimum absolute atomic E-state index is 0.161. The van der Waals surface area contributed by atoms with Gasteiger partial charge in [-0.15, -0.1) is 10.2 Å². The summed E-state index contributed by atoms with van der Waals surface area (Å²) >= 11 is 1.63. The summed E-state index contributed by atoms with van der Waals surface area (Å²) in [4.78, 5) is 0. The van der Waals surface area contributed by atoms with E-state index in [1.807, 2.05) is 59.2 Å². The van der Waals surface area contributed by atoms with E-state index in [1.165, 1.54) is 0 Å². The van der Waals surface area contributed by atoms with Gasteiger partial charge in [0.05, 0.1) is 19.8 Å². The highest BCUT2D eigenvalue weighted by atomic mass is 32.2. The van der Waals surface area contributed by atoms with Gasteiger partial charge in [-0.2, -0.15) is 0 Å². The Morgan fingerprint density at radius 2 is 1.86 bits per heavy atom. The Balaban J connectivity index is 1.50. The molecule has 0 bridgehead atoms. The van der Waals surface area contributed by atoms with Crippen molar-refractivity contribution in [3.8, 4) is 17.2 Å². The van der Waals surface area contributed by atoms with Gasteiger partial charge in [-0.05, 0) is 42.8 Å². The average molecular weight is 413 g/mol. The van der Waals surface area contributed by atoms with E-state index in [0.717, 1.165) is 46.9 Å². The van der Waals surface area contributed by atoms with E-state index >= 15 is 0 Å². The smallest absolute Gasteiger partial charge is 0.196 e. The molecule has 2 heterocycles. The molecule has 4 rings (SSSR count). The predicted molar refractivity (Wildman–Crippen MR) is 110 cm³/mol. The number of aromatic nitrogens is 3. The highest BCUT2D eigenvalue weighted by Crippen LogP contribution is 2.25. The summed E-state index contributed by atoms with van der Waals surface area (Å²) in [6, 6.07) is 17.5. The fraction of sp³-hybridized carbons (Fsp3) is 0.333. The second-order valence-electron chi connectivity index (χ2n) is 6.45. The van der Waals surface area contributed by atoms with E-state index in [0.29, 0.717) is 13.4 Å². The number of benzene rings is 2. The van der Waals surface area contributed by atoms with Crippen LogP contribution in [0.3, 0.4) is 0 Å². The van der Waals surface area contributed by atoms with Crippen LogP contribution in [0.1, 0.15) is 12.2 Å². The van der Waals surface area contributed by atoms with E-state index in [2.05, 4.69) is 10.2 Å². The van der Waals surface area contributed by atoms with Gasteiger partial charge in [-0.1, -0.05) is 30.0 Å². The van der Waals surface area contributed by atoms with Crippen LogP contribution in [0.15, 0.2) is 59.8 Å². The molecule has 1 aromatic heterocycles. The van der Waals surface area contributed by atoms with E-state index in [9.17, 15) is 0 Å². The van der Waals surface area contributed by atoms with Gasteiger partial charge < -0.3 is 18.9 Å². The van der Waals surface area contributed by atoms with Crippen molar-refractivity contribution in [1.29, 1.82) is 0 Å². The SMILES string of the molecule is COc1ccc(OCc2nnc(SCC3CCOCO3)n2-c2ccccc2)cc1. The monoisotopic (exact) mass is 413 g/mol. The third-order valence-electron chi connectivity index (χ3n) is 4.51. The van der Waals surface area contributed by atoms with Crippen LogP contribution in [0.25, 0.3) is 5.69 Å². The van der Waals surface area contributed by atoms with Crippen LogP contribution in [-0.4, -0.2) is 47.1 Å². The van der Waals surface area contributed by atoms with Gasteiger partial charge in [0.1, 0.15) is 24.9 Å². The molecule has 1 aliphatic rings. The van der Waals surface area contributed by atoms with Crippen molar-refractivity contribution >= 4 is 11.8 Å². The van der Waals surface area contributed by atoms with Gasteiger partial charge in [0.2, 0.25) is 0 Å². The first-order chi connectivity index (χ1) is 14.3. The Hall–Kier alpha value is -2.55. The molecule has 0 N–H and O–H groups in total. The summed E-state index contributed by atoms with van der Waals surface area (Å²) in [6.07, 6.45) is 1.05. The molecule has 2 aromatic carbocycles. The lowest BCUT2D eigenvalue weighted by Crippen LogP contribution is -2.25. The highest BCUT2D eigenvalue weighted by molar-refractivity contribution is 7.99. The fourth-order valence-corrected chi connectivity index (χ4v) is 3.98. The first-order valence-corrected chi connectivity index (χ1v) is 10.4. The minimum atomic E-state index is 0.161. The Morgan fingerprint density at radius 3 is 2.59 bits per heavy atom. The third-order valence-corrected chi connectivity index (χ3v) is 5.57. The molecule has 1 atom stereocenters. The molecule has 1 fully saturated rings. The van der Waals surface area contributed by atoms with E-state index < -0.39 is 0 Å². The van der Waals surface area contributed by atoms with Crippen molar-refractivity contribution in [2.45, 2.75) is 24.3 Å². The lowest BCUT2D eigenvalue weighted by Gasteiger charge is -2.22. The molecule has 3 aromatic rings. The lowest BCUT2D eigenvalue weighted by molar-refractivity contribution is -0.130. The van der Waals surface area contributed by atoms with Gasteiger partial charge in [0, 0.05) is 11.4 Å². The summed E-state index contributed by atoms with van der Waals surface area (Å²) in [5, 5.41) is 9.61. The van der Waals surface area contributed by atoms with Crippen molar-refractivity contribution in [2.75, 3.05) is 26.3 Å². The molecule has 1 unspecified atom stereocenters. The fourth-order valence-electron chi connectivity index (χ4n) is 2.94. The van der Waals surface area contributed by atoms with Crippen molar-refractivity contribution in [3.63, 3.8) is 0 Å². The van der Waals surface area contributed by atoms with Crippen LogP contribution in [0.2, 0.25) is 0 Å². The molecule has 29 heavy (non-hydrogen) atoms. The van der Waals surface area contributed by atoms with Crippen LogP contribution < -0.4 is 9.47 Å². The van der Waals surface area contributed by atoms with E-state index in [-0.39, 0.29) is 6.10 Å². The molecule has 1 saturated heterocycles. The molecule has 152 valence electrons. The Morgan fingerprint density at radius 1 is 1.07 bits per heavy atom. The normalized spacial score (nSPS) is 16.5. The summed E-state index contributed by atoms with van der Waals surface area (Å²) in [5.74, 6) is 3.08. The minimum Gasteiger partial charge on any atom is -0.497 e. The maximum Gasteiger partial charge on any atom is 0.196 e. The van der Waals surface area contributed by atoms with E-state index in [1.54, 1.807) is 18.9 Å². The molecule has 1 aliphatic heterocycles. The summed E-state index contributed by atoms with van der Waals surface area (Å²) in [7, 11) is 1.64. The number of para-hydroxylation sites is 1. The van der Waals surface area contributed by atoms with Crippen molar-refractivity contribution in [3.05, 3.63) is 60.4 Å². The lowest BCUT2D eigenvalue weighted by atomic mass is 10.3. The number of hydrogen-bond acceptors (Lipinski definition) is 7. The van der Waals surface area contributed by atoms with Crippen molar-refractivity contribution in [2.24, 2.45) is 0 Å². The zero-order valence-electron chi connectivity index (χ0n) is 16.2. The standard InChI is InChI=1S/C21H23N3O4S/c1-25-17-7-9-18(10-8-17)27-13-20-22-23-21(24(20)16-5-3-2-4-6-16)29-14-19-11-12-26-15-28-19/h2-10,19H,11-15H2,1H3. The van der Waals surface area contributed by atoms with Crippen LogP contribution >= 0.6 is 11.8 Å². The number of thioether (sulfide) groups is 1. The number of methoxy groups -OCH3 is 1. The molecule has 0 amide bonds. The zero-order valence-corrected chi connectivity index (χ0v) is 17.0. The maximum atomic E-state index is 5.93. The molecule has 0 spiro atoms. The van der Waals surface area contributed by atoms with Crippen LogP contribution in [0, 0.1) is 0 Å². The molecule has 0 saturated carbocycles. The molecule has 8 heteroatoms. The Kier molecular flexibility index (Phi) is 6.66. The van der Waals surface area contributed by atoms with Crippen LogP contribution in [0.5, 0.6) is 11.5 Å². The van der Waals surface area contributed by atoms with Gasteiger partial charge >= 0.3 is 0 Å². The highest BCUT2D eigenvalue weighted by Gasteiger charge is 2.19. The molecule has 0 radical (unpaired) electrons. The average Bonchev–Trinajstić information content (AvgIpc) is 3.20. The quantitative estimate of drug-likeness (QED) is 0.522. The predicted octanol–water partition coefficient (Wildman–Crippen LogP) is 3.71. The van der Waals surface area contributed by atoms with Crippen molar-refractivity contribution in [1.82, 2.24) is 14.8 Å². The van der Waals surface area contributed by atoms with Crippen LogP contribution in [-0.2, 0) is 16.1 Å². The topological polar surface area (TPSA) is 67.6 Å². The first-order valence-electron chi connectivity index (χ1n) is 9.42. The number of ether oxygens (including phenoxy) is 4. The molecular weight excluding hydrogens is 390 g/mol. The summed E-state index contributed by atoms with van der Waals surface area (Å²) in [5.41, 5.74) is 1.00. The first kappa shape index (κ1) is 19.8. The van der Waals surface area contributed by atoms with Gasteiger partial charge in [0.15, 0.2) is 11.0 Å². The van der Waals surface area contributed by atoms with Gasteiger partial charge in [-0.25, -0.2) is 0 Å². The van der Waals surface area contributed by atoms with Gasteiger partial charge in [-0.3, -0.25) is 4.57 Å². The molecular formula is C21H23N3O4S. The van der Waals surface area contributed by atoms with Crippen LogP contribution in [0.4, 0.5) is 0 Å². The summed E-state index contributed by atoms with van der Waals surface area (Å²) < 4.78 is 24.0. The summed E-state index contributed by atoms with van der Waals surface area (Å²) in [6.45, 7) is 1.40. The van der Waals surface area contributed by atoms with E-state index in [4.69, 9.17) is 18.9 Å². The molecule has 0 aliphatic carbocycles. The molecule has 7 nitrogen and oxygen atoms in total. The maximum absolute atomic E-state index is 5.93. The number of hydrogen-bond donors (Lipinski definition) is 0. The number of nitrogens with zero attached hydrogens (tertiary/aromatic N) is 3. The Bertz CT molecular complexity index is 896. The van der Waals surface area contributed by atoms with Crippen molar-refractivity contribution < 1.29 is 18.9 Å². The third kappa shape index (κ3) is 5.09.